The Kier molecular flexibility index (Phi) is 5.60. The van der Waals surface area contributed by atoms with E-state index in [-0.39, 0.29) is 5.91 Å². The number of hydrogen-bond donors (Lipinski definition) is 0. The van der Waals surface area contributed by atoms with Crippen LogP contribution in [-0.4, -0.2) is 39.0 Å². The summed E-state index contributed by atoms with van der Waals surface area (Å²) in [4.78, 5) is 19.8. The molecule has 0 atom stereocenters. The van der Waals surface area contributed by atoms with Crippen molar-refractivity contribution in [1.82, 2.24) is 14.7 Å². The van der Waals surface area contributed by atoms with E-state index in [0.29, 0.717) is 33.7 Å². The van der Waals surface area contributed by atoms with E-state index in [1.165, 1.54) is 0 Å². The van der Waals surface area contributed by atoms with Crippen LogP contribution >= 0.6 is 50.5 Å². The van der Waals surface area contributed by atoms with Crippen molar-refractivity contribution in [2.75, 3.05) is 7.05 Å². The number of thiophene rings is 1. The summed E-state index contributed by atoms with van der Waals surface area (Å²) in [6, 6.07) is 9.39. The highest BCUT2D eigenvalue weighted by Gasteiger charge is 2.42. The lowest BCUT2D eigenvalue weighted by Gasteiger charge is -2.27. The summed E-state index contributed by atoms with van der Waals surface area (Å²) in [5, 5.41) is 5.97. The first-order valence-electron chi connectivity index (χ1n) is 9.35. The van der Waals surface area contributed by atoms with E-state index < -0.39 is 5.54 Å². The Hall–Kier alpha value is -1.67. The van der Waals surface area contributed by atoms with Gasteiger partial charge in [-0.2, -0.15) is 10.1 Å². The molecule has 9 heteroatoms. The zero-order valence-corrected chi connectivity index (χ0v) is 20.7. The third kappa shape index (κ3) is 3.42. The summed E-state index contributed by atoms with van der Waals surface area (Å²) in [7, 11) is 1.87. The van der Waals surface area contributed by atoms with Gasteiger partial charge in [0.1, 0.15) is 11.2 Å². The minimum absolute atomic E-state index is 0.179. The molecule has 0 saturated carbocycles. The van der Waals surface area contributed by atoms with E-state index in [1.807, 2.05) is 48.7 Å². The molecule has 1 aliphatic rings. The maximum absolute atomic E-state index is 12.5. The Bertz CT molecular complexity index is 1200. The monoisotopic (exact) mass is 524 g/mol. The third-order valence-electron chi connectivity index (χ3n) is 5.38. The first kappa shape index (κ1) is 21.6. The van der Waals surface area contributed by atoms with Crippen LogP contribution in [0.25, 0.3) is 16.3 Å². The largest absolute Gasteiger partial charge is 0.343 e. The lowest BCUT2D eigenvalue weighted by molar-refractivity contribution is -0.123. The molecule has 1 aliphatic heterocycles. The predicted molar refractivity (Wildman–Crippen MR) is 127 cm³/mol. The molecule has 0 N–H and O–H groups in total. The van der Waals surface area contributed by atoms with Gasteiger partial charge in [0.2, 0.25) is 0 Å². The van der Waals surface area contributed by atoms with Crippen molar-refractivity contribution in [3.05, 3.63) is 55.4 Å². The zero-order chi connectivity index (χ0) is 21.8. The average molecular weight is 526 g/mol. The lowest BCUT2D eigenvalue weighted by Crippen LogP contribution is -2.44. The van der Waals surface area contributed by atoms with Gasteiger partial charge in [0.15, 0.2) is 5.84 Å². The van der Waals surface area contributed by atoms with Gasteiger partial charge in [-0.3, -0.25) is 4.79 Å². The molecule has 0 bridgehead atoms. The molecule has 30 heavy (non-hydrogen) atoms. The summed E-state index contributed by atoms with van der Waals surface area (Å²) in [5.74, 6) is 0.393. The number of hydrogen-bond acceptors (Lipinski definition) is 4. The summed E-state index contributed by atoms with van der Waals surface area (Å²) < 4.78 is 2.85. The van der Waals surface area contributed by atoms with Gasteiger partial charge in [-0.15, -0.1) is 11.3 Å². The number of rotatable bonds is 4. The molecule has 3 heterocycles. The van der Waals surface area contributed by atoms with Crippen LogP contribution in [0.3, 0.4) is 0 Å². The standard InChI is InChI=1S/C21H19BrCl2N4OS/c1-5-12-17(19-25-20(29)21(2,3)27(19)4)26-28(14-7-6-11(23)10-13(14)24)18(12)15-8-9-16(22)30-15/h6-10H,5H2,1-4H3. The number of halogens is 3. The van der Waals surface area contributed by atoms with Crippen LogP contribution in [0.2, 0.25) is 10.0 Å². The van der Waals surface area contributed by atoms with E-state index in [4.69, 9.17) is 28.3 Å². The minimum atomic E-state index is -0.714. The fraction of sp³-hybridized carbons (Fsp3) is 0.286. The Morgan fingerprint density at radius 1 is 1.20 bits per heavy atom. The molecule has 0 fully saturated rings. The molecule has 0 unspecified atom stereocenters. The number of aliphatic imine (C=N–C) groups is 1. The molecule has 156 valence electrons. The molecule has 4 rings (SSSR count). The fourth-order valence-corrected chi connectivity index (χ4v) is 5.35. The van der Waals surface area contributed by atoms with Crippen LogP contribution < -0.4 is 0 Å². The van der Waals surface area contributed by atoms with Crippen LogP contribution in [0.5, 0.6) is 0 Å². The number of carbonyl (C=O) groups is 1. The maximum atomic E-state index is 12.5. The van der Waals surface area contributed by atoms with Crippen molar-refractivity contribution in [2.24, 2.45) is 4.99 Å². The van der Waals surface area contributed by atoms with E-state index >= 15 is 0 Å². The highest BCUT2D eigenvalue weighted by atomic mass is 79.9. The topological polar surface area (TPSA) is 50.5 Å². The summed E-state index contributed by atoms with van der Waals surface area (Å²) in [5.41, 5.74) is 2.62. The van der Waals surface area contributed by atoms with E-state index in [9.17, 15) is 4.79 Å². The normalized spacial score (nSPS) is 15.8. The average Bonchev–Trinajstić information content (AvgIpc) is 3.32. The number of carbonyl (C=O) groups excluding carboxylic acids is 1. The van der Waals surface area contributed by atoms with Crippen molar-refractivity contribution < 1.29 is 4.79 Å². The fourth-order valence-electron chi connectivity index (χ4n) is 3.41. The zero-order valence-electron chi connectivity index (χ0n) is 16.8. The van der Waals surface area contributed by atoms with Crippen molar-refractivity contribution in [2.45, 2.75) is 32.7 Å². The SMILES string of the molecule is CCc1c(C2=NC(=O)C(C)(C)N2C)nn(-c2ccc(Cl)cc2Cl)c1-c1ccc(Br)s1. The van der Waals surface area contributed by atoms with Crippen molar-refractivity contribution in [1.29, 1.82) is 0 Å². The van der Waals surface area contributed by atoms with Gasteiger partial charge in [-0.1, -0.05) is 30.1 Å². The first-order chi connectivity index (χ1) is 14.1. The van der Waals surface area contributed by atoms with Crippen LogP contribution in [0.15, 0.2) is 39.1 Å². The molecule has 3 aromatic rings. The highest BCUT2D eigenvalue weighted by Crippen LogP contribution is 2.39. The van der Waals surface area contributed by atoms with Gasteiger partial charge in [-0.05, 0) is 66.5 Å². The van der Waals surface area contributed by atoms with Crippen LogP contribution in [-0.2, 0) is 11.2 Å². The number of nitrogens with zero attached hydrogens (tertiary/aromatic N) is 4. The van der Waals surface area contributed by atoms with Gasteiger partial charge in [0.05, 0.1) is 25.1 Å². The highest BCUT2D eigenvalue weighted by molar-refractivity contribution is 9.11. The molecular weight excluding hydrogens is 507 g/mol. The van der Waals surface area contributed by atoms with E-state index in [2.05, 4.69) is 27.8 Å². The first-order valence-corrected chi connectivity index (χ1v) is 11.7. The Morgan fingerprint density at radius 3 is 2.47 bits per heavy atom. The Balaban J connectivity index is 2.01. The molecule has 1 amide bonds. The second kappa shape index (κ2) is 7.79. The van der Waals surface area contributed by atoms with E-state index in [0.717, 1.165) is 19.9 Å². The molecule has 0 spiro atoms. The summed E-state index contributed by atoms with van der Waals surface area (Å²) in [6.07, 6.45) is 0.715. The predicted octanol–water partition coefficient (Wildman–Crippen LogP) is 6.23. The minimum Gasteiger partial charge on any atom is -0.343 e. The lowest BCUT2D eigenvalue weighted by atomic mass is 10.0. The summed E-state index contributed by atoms with van der Waals surface area (Å²) >= 11 is 17.8. The number of benzene rings is 1. The molecule has 0 aliphatic carbocycles. The smallest absolute Gasteiger partial charge is 0.273 e. The number of likely N-dealkylation sites (N-methyl/N-ethyl adjacent to an activating group) is 1. The van der Waals surface area contributed by atoms with Gasteiger partial charge < -0.3 is 4.90 Å². The molecule has 5 nitrogen and oxygen atoms in total. The second-order valence-corrected chi connectivity index (χ2v) is 10.8. The molecule has 0 saturated heterocycles. The van der Waals surface area contributed by atoms with E-state index in [1.54, 1.807) is 23.5 Å². The van der Waals surface area contributed by atoms with Crippen molar-refractivity contribution in [3.63, 3.8) is 0 Å². The van der Waals surface area contributed by atoms with Gasteiger partial charge in [0, 0.05) is 17.6 Å². The molecular formula is C21H19BrCl2N4OS. The maximum Gasteiger partial charge on any atom is 0.273 e. The third-order valence-corrected chi connectivity index (χ3v) is 7.55. The quantitative estimate of drug-likeness (QED) is 0.405. The Labute approximate surface area is 197 Å². The number of amidine groups is 1. The van der Waals surface area contributed by atoms with Crippen LogP contribution in [0.1, 0.15) is 32.0 Å². The van der Waals surface area contributed by atoms with Gasteiger partial charge in [0.25, 0.3) is 5.91 Å². The van der Waals surface area contributed by atoms with Crippen LogP contribution in [0.4, 0.5) is 0 Å². The van der Waals surface area contributed by atoms with Crippen molar-refractivity contribution in [3.8, 4) is 16.3 Å². The molecule has 0 radical (unpaired) electrons. The van der Waals surface area contributed by atoms with Crippen molar-refractivity contribution >= 4 is 62.2 Å². The second-order valence-electron chi connectivity index (χ2n) is 7.50. The van der Waals surface area contributed by atoms with Gasteiger partial charge >= 0.3 is 0 Å². The van der Waals surface area contributed by atoms with Crippen LogP contribution in [0, 0.1) is 0 Å². The molecule has 2 aromatic heterocycles. The number of aromatic nitrogens is 2. The Morgan fingerprint density at radius 2 is 1.93 bits per heavy atom. The summed E-state index contributed by atoms with van der Waals surface area (Å²) in [6.45, 7) is 5.80. The number of amides is 1. The molecule has 1 aromatic carbocycles. The van der Waals surface area contributed by atoms with Gasteiger partial charge in [-0.25, -0.2) is 4.68 Å².